The van der Waals surface area contributed by atoms with Crippen molar-refractivity contribution in [3.63, 3.8) is 0 Å². The third-order valence-corrected chi connectivity index (χ3v) is 3.20. The number of nitrogens with zero attached hydrogens (tertiary/aromatic N) is 1. The van der Waals surface area contributed by atoms with E-state index in [0.717, 1.165) is 25.3 Å². The van der Waals surface area contributed by atoms with E-state index in [1.165, 1.54) is 38.8 Å². The van der Waals surface area contributed by atoms with Crippen molar-refractivity contribution in [1.29, 1.82) is 0 Å². The highest BCUT2D eigenvalue weighted by molar-refractivity contribution is 5.66. The second kappa shape index (κ2) is 7.66. The lowest BCUT2D eigenvalue weighted by Gasteiger charge is -2.21. The molecular weight excluding hydrogens is 202 g/mol. The summed E-state index contributed by atoms with van der Waals surface area (Å²) in [5.74, 6) is -0.662. The van der Waals surface area contributed by atoms with E-state index in [1.807, 2.05) is 0 Å². The topological polar surface area (TPSA) is 40.5 Å². The van der Waals surface area contributed by atoms with E-state index < -0.39 is 5.97 Å². The minimum absolute atomic E-state index is 0.332. The van der Waals surface area contributed by atoms with Crippen molar-refractivity contribution in [2.45, 2.75) is 64.3 Å². The molecule has 0 amide bonds. The first-order valence-corrected chi connectivity index (χ1v) is 6.70. The second-order valence-corrected chi connectivity index (χ2v) is 4.83. The zero-order chi connectivity index (χ0) is 11.8. The van der Waals surface area contributed by atoms with Gasteiger partial charge in [0.1, 0.15) is 0 Å². The summed E-state index contributed by atoms with van der Waals surface area (Å²) in [5.41, 5.74) is 0. The number of rotatable bonds is 10. The Bertz CT molecular complexity index is 202. The van der Waals surface area contributed by atoms with Gasteiger partial charge in [-0.05, 0) is 45.2 Å². The molecule has 0 heterocycles. The Morgan fingerprint density at radius 3 is 2.44 bits per heavy atom. The molecule has 0 unspecified atom stereocenters. The van der Waals surface area contributed by atoms with Crippen LogP contribution in [0.4, 0.5) is 0 Å². The van der Waals surface area contributed by atoms with E-state index in [0.29, 0.717) is 6.42 Å². The molecule has 1 N–H and O–H groups in total. The number of unbranched alkanes of at least 4 members (excludes halogenated alkanes) is 3. The summed E-state index contributed by atoms with van der Waals surface area (Å²) in [6.45, 7) is 4.64. The first-order valence-electron chi connectivity index (χ1n) is 6.70. The average molecular weight is 227 g/mol. The molecule has 1 fully saturated rings. The zero-order valence-electron chi connectivity index (χ0n) is 10.5. The molecule has 0 radical (unpaired) electrons. The Labute approximate surface area is 98.8 Å². The van der Waals surface area contributed by atoms with Gasteiger partial charge in [-0.15, -0.1) is 0 Å². The van der Waals surface area contributed by atoms with Crippen molar-refractivity contribution < 1.29 is 9.90 Å². The summed E-state index contributed by atoms with van der Waals surface area (Å²) in [6.07, 6.45) is 8.70. The Kier molecular flexibility index (Phi) is 6.46. The molecule has 0 spiro atoms. The Balaban J connectivity index is 2.01. The van der Waals surface area contributed by atoms with Crippen molar-refractivity contribution in [3.8, 4) is 0 Å². The SMILES string of the molecule is CCCCN(CCCCCC(=O)O)C1CC1. The first-order chi connectivity index (χ1) is 7.74. The van der Waals surface area contributed by atoms with Crippen molar-refractivity contribution in [2.75, 3.05) is 13.1 Å². The summed E-state index contributed by atoms with van der Waals surface area (Å²) < 4.78 is 0. The summed E-state index contributed by atoms with van der Waals surface area (Å²) in [5, 5.41) is 8.53. The van der Waals surface area contributed by atoms with Crippen molar-refractivity contribution in [3.05, 3.63) is 0 Å². The number of carboxylic acid groups (broad SMARTS) is 1. The van der Waals surface area contributed by atoms with Crippen LogP contribution in [0.1, 0.15) is 58.3 Å². The maximum absolute atomic E-state index is 10.3. The highest BCUT2D eigenvalue weighted by Crippen LogP contribution is 2.27. The molecule has 1 aliphatic rings. The number of hydrogen-bond donors (Lipinski definition) is 1. The highest BCUT2D eigenvalue weighted by Gasteiger charge is 2.27. The van der Waals surface area contributed by atoms with E-state index >= 15 is 0 Å². The summed E-state index contributed by atoms with van der Waals surface area (Å²) in [7, 11) is 0. The van der Waals surface area contributed by atoms with Crippen LogP contribution in [0.15, 0.2) is 0 Å². The van der Waals surface area contributed by atoms with Crippen LogP contribution >= 0.6 is 0 Å². The van der Waals surface area contributed by atoms with Gasteiger partial charge in [0.15, 0.2) is 0 Å². The van der Waals surface area contributed by atoms with Crippen molar-refractivity contribution in [2.24, 2.45) is 0 Å². The van der Waals surface area contributed by atoms with E-state index in [2.05, 4.69) is 11.8 Å². The van der Waals surface area contributed by atoms with Crippen LogP contribution in [-0.2, 0) is 4.79 Å². The molecule has 0 saturated heterocycles. The van der Waals surface area contributed by atoms with Gasteiger partial charge in [0.2, 0.25) is 0 Å². The number of carbonyl (C=O) groups is 1. The second-order valence-electron chi connectivity index (χ2n) is 4.83. The van der Waals surface area contributed by atoms with Crippen LogP contribution in [-0.4, -0.2) is 35.1 Å². The van der Waals surface area contributed by atoms with Gasteiger partial charge in [0.05, 0.1) is 0 Å². The molecule has 16 heavy (non-hydrogen) atoms. The van der Waals surface area contributed by atoms with Gasteiger partial charge in [0, 0.05) is 12.5 Å². The molecular formula is C13H25NO2. The Morgan fingerprint density at radius 2 is 1.88 bits per heavy atom. The van der Waals surface area contributed by atoms with Gasteiger partial charge >= 0.3 is 5.97 Å². The lowest BCUT2D eigenvalue weighted by Crippen LogP contribution is -2.28. The van der Waals surface area contributed by atoms with Gasteiger partial charge in [0.25, 0.3) is 0 Å². The lowest BCUT2D eigenvalue weighted by molar-refractivity contribution is -0.137. The highest BCUT2D eigenvalue weighted by atomic mass is 16.4. The molecule has 1 rings (SSSR count). The fraction of sp³-hybridized carbons (Fsp3) is 0.923. The molecule has 0 atom stereocenters. The van der Waals surface area contributed by atoms with Crippen LogP contribution in [0.2, 0.25) is 0 Å². The molecule has 0 aromatic carbocycles. The predicted molar refractivity (Wildman–Crippen MR) is 65.6 cm³/mol. The molecule has 3 heteroatoms. The van der Waals surface area contributed by atoms with Crippen LogP contribution in [0, 0.1) is 0 Å². The fourth-order valence-electron chi connectivity index (χ4n) is 2.05. The van der Waals surface area contributed by atoms with Crippen LogP contribution < -0.4 is 0 Å². The zero-order valence-corrected chi connectivity index (χ0v) is 10.5. The normalized spacial score (nSPS) is 15.6. The van der Waals surface area contributed by atoms with E-state index in [-0.39, 0.29) is 0 Å². The van der Waals surface area contributed by atoms with Gasteiger partial charge < -0.3 is 10.0 Å². The third-order valence-electron chi connectivity index (χ3n) is 3.20. The van der Waals surface area contributed by atoms with Crippen molar-refractivity contribution in [1.82, 2.24) is 4.90 Å². The number of aliphatic carboxylic acids is 1. The van der Waals surface area contributed by atoms with E-state index in [9.17, 15) is 4.79 Å². The maximum Gasteiger partial charge on any atom is 0.303 e. The van der Waals surface area contributed by atoms with Gasteiger partial charge in [-0.2, -0.15) is 0 Å². The van der Waals surface area contributed by atoms with Gasteiger partial charge in [-0.25, -0.2) is 0 Å². The Morgan fingerprint density at radius 1 is 1.19 bits per heavy atom. The molecule has 0 bridgehead atoms. The molecule has 0 aromatic heterocycles. The van der Waals surface area contributed by atoms with Crippen LogP contribution in [0.25, 0.3) is 0 Å². The van der Waals surface area contributed by atoms with Crippen molar-refractivity contribution >= 4 is 5.97 Å². The standard InChI is InChI=1S/C13H25NO2/c1-2-3-10-14(12-8-9-12)11-6-4-5-7-13(15)16/h12H,2-11H2,1H3,(H,15,16). The first kappa shape index (κ1) is 13.5. The average Bonchev–Trinajstić information content (AvgIpc) is 3.05. The van der Waals surface area contributed by atoms with Gasteiger partial charge in [-0.3, -0.25) is 4.79 Å². The minimum Gasteiger partial charge on any atom is -0.481 e. The molecule has 1 aliphatic carbocycles. The minimum atomic E-state index is -0.662. The largest absolute Gasteiger partial charge is 0.481 e. The lowest BCUT2D eigenvalue weighted by atomic mass is 10.2. The molecule has 1 saturated carbocycles. The number of carboxylic acids is 1. The summed E-state index contributed by atoms with van der Waals surface area (Å²) in [4.78, 5) is 12.9. The summed E-state index contributed by atoms with van der Waals surface area (Å²) >= 11 is 0. The van der Waals surface area contributed by atoms with E-state index in [1.54, 1.807) is 0 Å². The smallest absolute Gasteiger partial charge is 0.303 e. The Hall–Kier alpha value is -0.570. The quantitative estimate of drug-likeness (QED) is 0.583. The van der Waals surface area contributed by atoms with Gasteiger partial charge in [-0.1, -0.05) is 19.8 Å². The third kappa shape index (κ3) is 6.11. The van der Waals surface area contributed by atoms with Crippen LogP contribution in [0.5, 0.6) is 0 Å². The van der Waals surface area contributed by atoms with Crippen LogP contribution in [0.3, 0.4) is 0 Å². The predicted octanol–water partition coefficient (Wildman–Crippen LogP) is 2.90. The number of hydrogen-bond acceptors (Lipinski definition) is 2. The molecule has 0 aromatic rings. The molecule has 3 nitrogen and oxygen atoms in total. The van der Waals surface area contributed by atoms with E-state index in [4.69, 9.17) is 5.11 Å². The monoisotopic (exact) mass is 227 g/mol. The fourth-order valence-corrected chi connectivity index (χ4v) is 2.05. The summed E-state index contributed by atoms with van der Waals surface area (Å²) in [6, 6.07) is 0.853. The molecule has 94 valence electrons. The molecule has 0 aliphatic heterocycles. The maximum atomic E-state index is 10.3.